The molecule has 1 aromatic carbocycles. The number of anilines is 1. The third-order valence-electron chi connectivity index (χ3n) is 5.02. The Labute approximate surface area is 184 Å². The van der Waals surface area contributed by atoms with Crippen molar-refractivity contribution in [3.05, 3.63) is 69.3 Å². The van der Waals surface area contributed by atoms with Gasteiger partial charge < -0.3 is 15.4 Å². The van der Waals surface area contributed by atoms with E-state index in [1.165, 1.54) is 17.7 Å². The van der Waals surface area contributed by atoms with E-state index in [1.54, 1.807) is 0 Å². The molecule has 8 heteroatoms. The van der Waals surface area contributed by atoms with Crippen LogP contribution in [0.2, 0.25) is 0 Å². The number of nitrogens with two attached hydrogens (primary N) is 1. The number of aliphatic hydroxyl groups excluding tert-OH is 1. The van der Waals surface area contributed by atoms with Gasteiger partial charge >= 0.3 is 0 Å². The van der Waals surface area contributed by atoms with Gasteiger partial charge in [0.15, 0.2) is 0 Å². The first-order valence-electron chi connectivity index (χ1n) is 9.85. The first kappa shape index (κ1) is 20.7. The Bertz CT molecular complexity index is 1310. The van der Waals surface area contributed by atoms with Gasteiger partial charge in [-0.15, -0.1) is 11.3 Å². The highest BCUT2D eigenvalue weighted by Gasteiger charge is 2.22. The quantitative estimate of drug-likeness (QED) is 0.438. The molecule has 3 N–H and O–H groups in total. The molecule has 0 aliphatic carbocycles. The molecule has 4 aromatic rings. The normalized spacial score (nSPS) is 11.7. The SMILES string of the molecule is [C-]#[N+]/C(=C\c1c(-c2ccc(C)cc2)c2c(N)ncnc2n1CCCO)c1nc(C)cs1. The van der Waals surface area contributed by atoms with Crippen molar-refractivity contribution in [1.82, 2.24) is 19.5 Å². The number of thiazole rings is 1. The van der Waals surface area contributed by atoms with E-state index >= 15 is 0 Å². The maximum atomic E-state index is 9.47. The number of aliphatic hydroxyl groups is 1. The fraction of sp³-hybridized carbons (Fsp3) is 0.217. The van der Waals surface area contributed by atoms with E-state index in [2.05, 4.69) is 19.8 Å². The summed E-state index contributed by atoms with van der Waals surface area (Å²) in [5, 5.41) is 12.8. The summed E-state index contributed by atoms with van der Waals surface area (Å²) in [4.78, 5) is 17.0. The van der Waals surface area contributed by atoms with Gasteiger partial charge in [0.25, 0.3) is 0 Å². The van der Waals surface area contributed by atoms with Crippen molar-refractivity contribution in [2.75, 3.05) is 12.3 Å². The standard InChI is InChI=1S/C23H22N6OS/c1-14-5-7-16(8-6-14)19-18(11-17(25-3)23-28-15(2)12-31-23)29(9-4-10-30)22-20(19)21(24)26-13-27-22/h5-8,11-13,30H,4,9-10H2,1-2H3,(H2,24,26,27)/b17-11-. The first-order chi connectivity index (χ1) is 15.0. The van der Waals surface area contributed by atoms with Crippen molar-refractivity contribution in [3.63, 3.8) is 0 Å². The van der Waals surface area contributed by atoms with Gasteiger partial charge in [0.1, 0.15) is 22.8 Å². The first-order valence-corrected chi connectivity index (χ1v) is 10.7. The monoisotopic (exact) mass is 430 g/mol. The largest absolute Gasteiger partial charge is 0.396 e. The van der Waals surface area contributed by atoms with Crippen molar-refractivity contribution in [1.29, 1.82) is 0 Å². The van der Waals surface area contributed by atoms with Crippen LogP contribution < -0.4 is 5.73 Å². The van der Waals surface area contributed by atoms with Crippen LogP contribution >= 0.6 is 11.3 Å². The van der Waals surface area contributed by atoms with Gasteiger partial charge in [-0.2, -0.15) is 0 Å². The molecule has 0 aliphatic rings. The Hall–Kier alpha value is -3.54. The molecule has 0 saturated heterocycles. The fourth-order valence-electron chi connectivity index (χ4n) is 3.57. The third-order valence-corrected chi connectivity index (χ3v) is 6.00. The average Bonchev–Trinajstić information content (AvgIpc) is 3.33. The molecule has 3 aromatic heterocycles. The summed E-state index contributed by atoms with van der Waals surface area (Å²) in [5.74, 6) is 0.382. The lowest BCUT2D eigenvalue weighted by Gasteiger charge is -2.09. The van der Waals surface area contributed by atoms with E-state index < -0.39 is 0 Å². The predicted octanol–water partition coefficient (Wildman–Crippen LogP) is 4.55. The molecule has 0 unspecified atom stereocenters. The highest BCUT2D eigenvalue weighted by Crippen LogP contribution is 2.39. The van der Waals surface area contributed by atoms with Gasteiger partial charge in [-0.1, -0.05) is 29.8 Å². The van der Waals surface area contributed by atoms with Crippen molar-refractivity contribution < 1.29 is 5.11 Å². The van der Waals surface area contributed by atoms with Crippen molar-refractivity contribution in [3.8, 4) is 11.1 Å². The number of fused-ring (bicyclic) bond motifs is 1. The predicted molar refractivity (Wildman–Crippen MR) is 125 cm³/mol. The molecule has 0 amide bonds. The number of aromatic nitrogens is 4. The average molecular weight is 431 g/mol. The fourth-order valence-corrected chi connectivity index (χ4v) is 4.33. The van der Waals surface area contributed by atoms with Crippen LogP contribution in [0.3, 0.4) is 0 Å². The number of nitrogens with zero attached hydrogens (tertiary/aromatic N) is 5. The second kappa shape index (κ2) is 8.68. The highest BCUT2D eigenvalue weighted by molar-refractivity contribution is 7.10. The van der Waals surface area contributed by atoms with Crippen molar-refractivity contribution in [2.24, 2.45) is 0 Å². The van der Waals surface area contributed by atoms with Gasteiger partial charge in [-0.3, -0.25) is 4.98 Å². The van der Waals surface area contributed by atoms with Crippen LogP contribution in [0.4, 0.5) is 5.82 Å². The number of aryl methyl sites for hydroxylation is 3. The minimum Gasteiger partial charge on any atom is -0.396 e. The van der Waals surface area contributed by atoms with Crippen LogP contribution in [0.5, 0.6) is 0 Å². The number of benzene rings is 1. The molecule has 0 spiro atoms. The summed E-state index contributed by atoms with van der Waals surface area (Å²) in [7, 11) is 0. The number of rotatable bonds is 6. The topological polar surface area (TPSA) is 94.2 Å². The van der Waals surface area contributed by atoms with E-state index in [-0.39, 0.29) is 6.61 Å². The number of hydrogen-bond donors (Lipinski definition) is 2. The van der Waals surface area contributed by atoms with E-state index in [9.17, 15) is 5.11 Å². The van der Waals surface area contributed by atoms with E-state index in [0.717, 1.165) is 33.5 Å². The maximum absolute atomic E-state index is 9.47. The molecule has 0 aliphatic heterocycles. The molecule has 0 radical (unpaired) electrons. The maximum Gasteiger partial charge on any atom is 0.224 e. The van der Waals surface area contributed by atoms with E-state index in [1.807, 2.05) is 54.1 Å². The summed E-state index contributed by atoms with van der Waals surface area (Å²) in [6.45, 7) is 12.3. The molecule has 156 valence electrons. The van der Waals surface area contributed by atoms with Crippen LogP contribution in [0, 0.1) is 20.4 Å². The molecule has 7 nitrogen and oxygen atoms in total. The van der Waals surface area contributed by atoms with E-state index in [4.69, 9.17) is 12.3 Å². The molecule has 0 bridgehead atoms. The number of hydrogen-bond acceptors (Lipinski definition) is 6. The van der Waals surface area contributed by atoms with E-state index in [0.29, 0.717) is 35.1 Å². The van der Waals surface area contributed by atoms with Crippen LogP contribution in [-0.2, 0) is 6.54 Å². The summed E-state index contributed by atoms with van der Waals surface area (Å²) in [6.07, 6.45) is 3.84. The molecule has 4 rings (SSSR count). The Morgan fingerprint density at radius 1 is 1.26 bits per heavy atom. The second-order valence-electron chi connectivity index (χ2n) is 7.25. The molecule has 0 fully saturated rings. The molecule has 0 atom stereocenters. The summed E-state index contributed by atoms with van der Waals surface area (Å²) >= 11 is 1.44. The molecular formula is C23H22N6OS. The minimum atomic E-state index is 0.0462. The third kappa shape index (κ3) is 3.93. The zero-order valence-corrected chi connectivity index (χ0v) is 18.1. The smallest absolute Gasteiger partial charge is 0.224 e. The zero-order chi connectivity index (χ0) is 22.0. The molecule has 31 heavy (non-hydrogen) atoms. The second-order valence-corrected chi connectivity index (χ2v) is 8.11. The van der Waals surface area contributed by atoms with Crippen LogP contribution in [0.25, 0.3) is 38.8 Å². The van der Waals surface area contributed by atoms with Gasteiger partial charge in [-0.05, 0) is 31.9 Å². The Balaban J connectivity index is 2.07. The van der Waals surface area contributed by atoms with Crippen LogP contribution in [0.1, 0.15) is 28.4 Å². The van der Waals surface area contributed by atoms with Crippen LogP contribution in [0.15, 0.2) is 36.0 Å². The Morgan fingerprint density at radius 2 is 2.03 bits per heavy atom. The van der Waals surface area contributed by atoms with Gasteiger partial charge in [0.05, 0.1) is 12.0 Å². The summed E-state index contributed by atoms with van der Waals surface area (Å²) < 4.78 is 2.00. The van der Waals surface area contributed by atoms with Gasteiger partial charge in [-0.25, -0.2) is 14.8 Å². The number of nitrogen functional groups attached to an aromatic ring is 1. The van der Waals surface area contributed by atoms with Gasteiger partial charge in [0, 0.05) is 35.5 Å². The summed E-state index contributed by atoms with van der Waals surface area (Å²) in [5.41, 5.74) is 12.1. The molecular weight excluding hydrogens is 408 g/mol. The lowest BCUT2D eigenvalue weighted by molar-refractivity contribution is 0.280. The zero-order valence-electron chi connectivity index (χ0n) is 17.3. The molecule has 3 heterocycles. The lowest BCUT2D eigenvalue weighted by Crippen LogP contribution is -2.04. The van der Waals surface area contributed by atoms with Crippen molar-refractivity contribution >= 4 is 40.0 Å². The summed E-state index contributed by atoms with van der Waals surface area (Å²) in [6, 6.07) is 8.16. The lowest BCUT2D eigenvalue weighted by atomic mass is 10.0. The van der Waals surface area contributed by atoms with Crippen LogP contribution in [-0.4, -0.2) is 31.2 Å². The Morgan fingerprint density at radius 3 is 2.68 bits per heavy atom. The molecule has 0 saturated carbocycles. The highest BCUT2D eigenvalue weighted by atomic mass is 32.1. The minimum absolute atomic E-state index is 0.0462. The van der Waals surface area contributed by atoms with Gasteiger partial charge in [0.2, 0.25) is 5.70 Å². The Kier molecular flexibility index (Phi) is 5.80. The van der Waals surface area contributed by atoms with Crippen molar-refractivity contribution in [2.45, 2.75) is 26.8 Å².